The normalized spacial score (nSPS) is 10.4. The van der Waals surface area contributed by atoms with E-state index in [-0.39, 0.29) is 10.9 Å². The number of nitrogens with zero attached hydrogens (tertiary/aromatic N) is 1. The van der Waals surface area contributed by atoms with Gasteiger partial charge in [-0.3, -0.25) is 4.79 Å². The lowest BCUT2D eigenvalue weighted by molar-refractivity contribution is -0.118. The second kappa shape index (κ2) is 6.57. The SMILES string of the molecule is CCCC(=O)N(CCN)c1ccc(F)c(Cl)c1. The fourth-order valence-electron chi connectivity index (χ4n) is 1.53. The number of halogens is 2. The zero-order valence-electron chi connectivity index (χ0n) is 9.75. The average molecular weight is 259 g/mol. The van der Waals surface area contributed by atoms with Gasteiger partial charge in [0.2, 0.25) is 5.91 Å². The first kappa shape index (κ1) is 13.9. The zero-order chi connectivity index (χ0) is 12.8. The highest BCUT2D eigenvalue weighted by atomic mass is 35.5. The van der Waals surface area contributed by atoms with E-state index < -0.39 is 5.82 Å². The lowest BCUT2D eigenvalue weighted by Gasteiger charge is -2.22. The molecule has 1 amide bonds. The van der Waals surface area contributed by atoms with Gasteiger partial charge < -0.3 is 10.6 Å². The van der Waals surface area contributed by atoms with Crippen LogP contribution in [0.1, 0.15) is 19.8 Å². The van der Waals surface area contributed by atoms with Crippen molar-refractivity contribution in [2.24, 2.45) is 5.73 Å². The van der Waals surface area contributed by atoms with E-state index in [1.165, 1.54) is 23.1 Å². The van der Waals surface area contributed by atoms with Crippen LogP contribution in [-0.2, 0) is 4.79 Å². The molecule has 0 aromatic heterocycles. The summed E-state index contributed by atoms with van der Waals surface area (Å²) in [5, 5.41) is 0.00817. The number of carbonyl (C=O) groups is 1. The molecule has 0 saturated heterocycles. The van der Waals surface area contributed by atoms with Crippen LogP contribution in [0, 0.1) is 5.82 Å². The zero-order valence-corrected chi connectivity index (χ0v) is 10.5. The molecule has 1 aromatic carbocycles. The molecular weight excluding hydrogens is 243 g/mol. The minimum Gasteiger partial charge on any atom is -0.329 e. The lowest BCUT2D eigenvalue weighted by atomic mass is 10.2. The molecular formula is C12H16ClFN2O. The molecule has 0 aliphatic rings. The minimum absolute atomic E-state index is 0.00817. The molecule has 94 valence electrons. The maximum absolute atomic E-state index is 13.0. The van der Waals surface area contributed by atoms with Gasteiger partial charge in [-0.25, -0.2) is 4.39 Å². The summed E-state index contributed by atoms with van der Waals surface area (Å²) in [7, 11) is 0. The fraction of sp³-hybridized carbons (Fsp3) is 0.417. The fourth-order valence-corrected chi connectivity index (χ4v) is 1.70. The number of carbonyl (C=O) groups excluding carboxylic acids is 1. The van der Waals surface area contributed by atoms with Crippen molar-refractivity contribution in [1.82, 2.24) is 0 Å². The molecule has 1 aromatic rings. The Morgan fingerprint density at radius 1 is 1.53 bits per heavy atom. The largest absolute Gasteiger partial charge is 0.329 e. The maximum atomic E-state index is 13.0. The third-order valence-corrected chi connectivity index (χ3v) is 2.62. The van der Waals surface area contributed by atoms with Crippen molar-refractivity contribution in [2.45, 2.75) is 19.8 Å². The molecule has 0 heterocycles. The molecule has 0 spiro atoms. The second-order valence-corrected chi connectivity index (χ2v) is 4.09. The molecule has 0 unspecified atom stereocenters. The summed E-state index contributed by atoms with van der Waals surface area (Å²) in [6.07, 6.45) is 1.20. The highest BCUT2D eigenvalue weighted by Crippen LogP contribution is 2.23. The van der Waals surface area contributed by atoms with E-state index in [0.29, 0.717) is 25.2 Å². The first-order valence-electron chi connectivity index (χ1n) is 5.55. The molecule has 0 aliphatic carbocycles. The van der Waals surface area contributed by atoms with Crippen LogP contribution in [0.4, 0.5) is 10.1 Å². The number of hydrogen-bond acceptors (Lipinski definition) is 2. The van der Waals surface area contributed by atoms with E-state index in [2.05, 4.69) is 0 Å². The van der Waals surface area contributed by atoms with E-state index in [9.17, 15) is 9.18 Å². The van der Waals surface area contributed by atoms with Gasteiger partial charge >= 0.3 is 0 Å². The van der Waals surface area contributed by atoms with E-state index in [1.54, 1.807) is 0 Å². The Morgan fingerprint density at radius 2 is 2.24 bits per heavy atom. The van der Waals surface area contributed by atoms with Crippen molar-refractivity contribution in [3.63, 3.8) is 0 Å². The Balaban J connectivity index is 2.96. The van der Waals surface area contributed by atoms with Gasteiger partial charge in [-0.1, -0.05) is 18.5 Å². The molecule has 0 aliphatic heterocycles. The van der Waals surface area contributed by atoms with Crippen LogP contribution >= 0.6 is 11.6 Å². The maximum Gasteiger partial charge on any atom is 0.227 e. The minimum atomic E-state index is -0.494. The number of nitrogens with two attached hydrogens (primary N) is 1. The van der Waals surface area contributed by atoms with Crippen molar-refractivity contribution in [1.29, 1.82) is 0 Å². The molecule has 0 atom stereocenters. The third-order valence-electron chi connectivity index (χ3n) is 2.33. The van der Waals surface area contributed by atoms with Crippen molar-refractivity contribution >= 4 is 23.2 Å². The third kappa shape index (κ3) is 3.68. The molecule has 1 rings (SSSR count). The van der Waals surface area contributed by atoms with Gasteiger partial charge in [-0.2, -0.15) is 0 Å². The second-order valence-electron chi connectivity index (χ2n) is 3.68. The predicted molar refractivity (Wildman–Crippen MR) is 67.7 cm³/mol. The van der Waals surface area contributed by atoms with Gasteiger partial charge in [0, 0.05) is 25.2 Å². The van der Waals surface area contributed by atoms with Gasteiger partial charge in [0.05, 0.1) is 5.02 Å². The van der Waals surface area contributed by atoms with Crippen LogP contribution in [0.2, 0.25) is 5.02 Å². The Labute approximate surface area is 105 Å². The van der Waals surface area contributed by atoms with Crippen LogP contribution in [0.25, 0.3) is 0 Å². The van der Waals surface area contributed by atoms with Crippen LogP contribution in [0.15, 0.2) is 18.2 Å². The summed E-state index contributed by atoms with van der Waals surface area (Å²) in [4.78, 5) is 13.4. The van der Waals surface area contributed by atoms with Crippen LogP contribution in [0.5, 0.6) is 0 Å². The van der Waals surface area contributed by atoms with Crippen LogP contribution in [-0.4, -0.2) is 19.0 Å². The Morgan fingerprint density at radius 3 is 2.76 bits per heavy atom. The van der Waals surface area contributed by atoms with Crippen molar-refractivity contribution in [3.05, 3.63) is 29.0 Å². The Bertz CT molecular complexity index is 398. The number of hydrogen-bond donors (Lipinski definition) is 1. The number of benzene rings is 1. The molecule has 0 fully saturated rings. The molecule has 5 heteroatoms. The molecule has 0 saturated carbocycles. The summed E-state index contributed by atoms with van der Waals surface area (Å²) >= 11 is 5.70. The smallest absolute Gasteiger partial charge is 0.227 e. The molecule has 17 heavy (non-hydrogen) atoms. The number of anilines is 1. The van der Waals surface area contributed by atoms with Crippen molar-refractivity contribution < 1.29 is 9.18 Å². The summed E-state index contributed by atoms with van der Waals surface area (Å²) < 4.78 is 13.0. The van der Waals surface area contributed by atoms with Crippen LogP contribution in [0.3, 0.4) is 0 Å². The summed E-state index contributed by atoms with van der Waals surface area (Å²) in [6.45, 7) is 2.68. The van der Waals surface area contributed by atoms with Gasteiger partial charge in [-0.05, 0) is 24.6 Å². The standard InChI is InChI=1S/C12H16ClFN2O/c1-2-3-12(17)16(7-6-15)9-4-5-11(14)10(13)8-9/h4-5,8H,2-3,6-7,15H2,1H3. The Kier molecular flexibility index (Phi) is 5.38. The van der Waals surface area contributed by atoms with Crippen molar-refractivity contribution in [2.75, 3.05) is 18.0 Å². The summed E-state index contributed by atoms with van der Waals surface area (Å²) in [5.41, 5.74) is 6.05. The number of rotatable bonds is 5. The molecule has 2 N–H and O–H groups in total. The van der Waals surface area contributed by atoms with Gasteiger partial charge in [-0.15, -0.1) is 0 Å². The van der Waals surface area contributed by atoms with E-state index in [0.717, 1.165) is 6.42 Å². The quantitative estimate of drug-likeness (QED) is 0.882. The predicted octanol–water partition coefficient (Wildman–Crippen LogP) is 2.57. The summed E-state index contributed by atoms with van der Waals surface area (Å²) in [6, 6.07) is 4.23. The topological polar surface area (TPSA) is 46.3 Å². The van der Waals surface area contributed by atoms with Crippen molar-refractivity contribution in [3.8, 4) is 0 Å². The molecule has 0 radical (unpaired) electrons. The van der Waals surface area contributed by atoms with Gasteiger partial charge in [0.15, 0.2) is 0 Å². The first-order chi connectivity index (χ1) is 8.10. The van der Waals surface area contributed by atoms with E-state index in [4.69, 9.17) is 17.3 Å². The Hall–Kier alpha value is -1.13. The lowest BCUT2D eigenvalue weighted by Crippen LogP contribution is -2.35. The highest BCUT2D eigenvalue weighted by molar-refractivity contribution is 6.31. The highest BCUT2D eigenvalue weighted by Gasteiger charge is 2.15. The molecule has 0 bridgehead atoms. The number of amides is 1. The monoisotopic (exact) mass is 258 g/mol. The van der Waals surface area contributed by atoms with E-state index >= 15 is 0 Å². The molecule has 3 nitrogen and oxygen atoms in total. The van der Waals surface area contributed by atoms with Gasteiger partial charge in [0.1, 0.15) is 5.82 Å². The van der Waals surface area contributed by atoms with Gasteiger partial charge in [0.25, 0.3) is 0 Å². The summed E-state index contributed by atoms with van der Waals surface area (Å²) in [5.74, 6) is -0.522. The van der Waals surface area contributed by atoms with E-state index in [1.807, 2.05) is 6.92 Å². The average Bonchev–Trinajstić information content (AvgIpc) is 2.30. The van der Waals surface area contributed by atoms with Crippen LogP contribution < -0.4 is 10.6 Å². The first-order valence-corrected chi connectivity index (χ1v) is 5.93.